The van der Waals surface area contributed by atoms with Crippen LogP contribution in [0.5, 0.6) is 0 Å². The van der Waals surface area contributed by atoms with E-state index in [0.717, 1.165) is 32.1 Å². The highest BCUT2D eigenvalue weighted by Crippen LogP contribution is 2.36. The summed E-state index contributed by atoms with van der Waals surface area (Å²) in [7, 11) is -1.77. The molecular weight excluding hydrogens is 316 g/mol. The van der Waals surface area contributed by atoms with E-state index in [-0.39, 0.29) is 17.1 Å². The Bertz CT molecular complexity index is 334. The fraction of sp³-hybridized carbons (Fsp3) is 0.950. The number of hydrogen-bond acceptors (Lipinski definition) is 3. The third-order valence-electron chi connectivity index (χ3n) is 5.13. The van der Waals surface area contributed by atoms with E-state index in [1.54, 1.807) is 0 Å². The predicted octanol–water partition coefficient (Wildman–Crippen LogP) is 6.47. The fourth-order valence-electron chi connectivity index (χ4n) is 2.34. The Balaban J connectivity index is 4.20. The molecule has 144 valence electrons. The molecule has 0 aromatic carbocycles. The molecule has 0 aliphatic carbocycles. The molecule has 0 fully saturated rings. The highest BCUT2D eigenvalue weighted by Gasteiger charge is 2.37. The van der Waals surface area contributed by atoms with Gasteiger partial charge < -0.3 is 9.16 Å². The SMILES string of the molecule is CCCCCCC(CCCC)OC(=O)CCO[Si](C)(C)C(C)(C)C. The minimum atomic E-state index is -1.77. The van der Waals surface area contributed by atoms with Crippen LogP contribution in [-0.2, 0) is 14.0 Å². The summed E-state index contributed by atoms with van der Waals surface area (Å²) in [6.07, 6.45) is 9.68. The Morgan fingerprint density at radius 3 is 2.08 bits per heavy atom. The van der Waals surface area contributed by atoms with Gasteiger partial charge in [0.1, 0.15) is 6.10 Å². The van der Waals surface area contributed by atoms with E-state index < -0.39 is 8.32 Å². The summed E-state index contributed by atoms with van der Waals surface area (Å²) in [5.41, 5.74) is 0. The van der Waals surface area contributed by atoms with E-state index in [4.69, 9.17) is 9.16 Å². The normalized spacial score (nSPS) is 13.8. The average molecular weight is 359 g/mol. The molecule has 0 amide bonds. The van der Waals surface area contributed by atoms with Crippen LogP contribution in [0.25, 0.3) is 0 Å². The highest BCUT2D eigenvalue weighted by molar-refractivity contribution is 6.74. The molecule has 1 unspecified atom stereocenters. The van der Waals surface area contributed by atoms with Crippen molar-refractivity contribution >= 4 is 14.3 Å². The van der Waals surface area contributed by atoms with Crippen molar-refractivity contribution in [3.8, 4) is 0 Å². The van der Waals surface area contributed by atoms with Gasteiger partial charge in [-0.3, -0.25) is 4.79 Å². The van der Waals surface area contributed by atoms with E-state index in [2.05, 4.69) is 47.7 Å². The summed E-state index contributed by atoms with van der Waals surface area (Å²) >= 11 is 0. The lowest BCUT2D eigenvalue weighted by Gasteiger charge is -2.36. The molecule has 0 aliphatic heterocycles. The molecule has 0 saturated heterocycles. The van der Waals surface area contributed by atoms with Gasteiger partial charge in [0.2, 0.25) is 0 Å². The Labute approximate surface area is 152 Å². The first-order valence-electron chi connectivity index (χ1n) is 9.97. The zero-order valence-electron chi connectivity index (χ0n) is 17.4. The lowest BCUT2D eigenvalue weighted by atomic mass is 10.0. The standard InChI is InChI=1S/C20H42O3Si/c1-8-10-12-13-15-18(14-11-9-2)23-19(21)16-17-22-24(6,7)20(3,4)5/h18H,8-17H2,1-7H3. The van der Waals surface area contributed by atoms with Gasteiger partial charge in [0.15, 0.2) is 8.32 Å². The van der Waals surface area contributed by atoms with E-state index in [1.807, 2.05) is 0 Å². The molecule has 0 bridgehead atoms. The molecule has 3 nitrogen and oxygen atoms in total. The van der Waals surface area contributed by atoms with Gasteiger partial charge in [0.25, 0.3) is 0 Å². The number of esters is 1. The molecule has 0 aromatic rings. The van der Waals surface area contributed by atoms with Crippen molar-refractivity contribution in [1.29, 1.82) is 0 Å². The first-order chi connectivity index (χ1) is 11.1. The van der Waals surface area contributed by atoms with Crippen LogP contribution in [0.4, 0.5) is 0 Å². The lowest BCUT2D eigenvalue weighted by Crippen LogP contribution is -2.41. The molecule has 1 atom stereocenters. The molecule has 24 heavy (non-hydrogen) atoms. The minimum absolute atomic E-state index is 0.0923. The zero-order valence-corrected chi connectivity index (χ0v) is 18.4. The Morgan fingerprint density at radius 2 is 1.54 bits per heavy atom. The number of carbonyl (C=O) groups excluding carboxylic acids is 1. The summed E-state index contributed by atoms with van der Waals surface area (Å²) in [6.45, 7) is 16.0. The van der Waals surface area contributed by atoms with Gasteiger partial charge in [0.05, 0.1) is 6.42 Å². The van der Waals surface area contributed by atoms with Crippen LogP contribution < -0.4 is 0 Å². The molecule has 0 N–H and O–H groups in total. The minimum Gasteiger partial charge on any atom is -0.462 e. The summed E-state index contributed by atoms with van der Waals surface area (Å²) in [5, 5.41) is 0.180. The second kappa shape index (κ2) is 12.1. The molecule has 0 aromatic heterocycles. The first kappa shape index (κ1) is 23.6. The Hall–Kier alpha value is -0.353. The molecule has 0 saturated carbocycles. The van der Waals surface area contributed by atoms with Gasteiger partial charge in [0, 0.05) is 6.61 Å². The molecule has 4 heteroatoms. The second-order valence-electron chi connectivity index (χ2n) is 8.46. The van der Waals surface area contributed by atoms with Gasteiger partial charge in [-0.15, -0.1) is 0 Å². The third-order valence-corrected chi connectivity index (χ3v) is 9.67. The summed E-state index contributed by atoms with van der Waals surface area (Å²) < 4.78 is 11.8. The van der Waals surface area contributed by atoms with Crippen LogP contribution in [0.3, 0.4) is 0 Å². The third kappa shape index (κ3) is 10.5. The van der Waals surface area contributed by atoms with E-state index in [9.17, 15) is 4.79 Å². The molecule has 0 radical (unpaired) electrons. The van der Waals surface area contributed by atoms with Crippen molar-refractivity contribution < 1.29 is 14.0 Å². The topological polar surface area (TPSA) is 35.5 Å². The zero-order chi connectivity index (χ0) is 18.6. The maximum absolute atomic E-state index is 12.2. The molecule has 0 rings (SSSR count). The van der Waals surface area contributed by atoms with E-state index in [0.29, 0.717) is 13.0 Å². The van der Waals surface area contributed by atoms with Crippen LogP contribution in [0.1, 0.15) is 92.4 Å². The summed E-state index contributed by atoms with van der Waals surface area (Å²) in [5.74, 6) is -0.0923. The van der Waals surface area contributed by atoms with Crippen molar-refractivity contribution in [1.82, 2.24) is 0 Å². The molecular formula is C20H42O3Si. The van der Waals surface area contributed by atoms with Crippen LogP contribution in [0, 0.1) is 0 Å². The average Bonchev–Trinajstić information content (AvgIpc) is 2.47. The quantitative estimate of drug-likeness (QED) is 0.215. The second-order valence-corrected chi connectivity index (χ2v) is 13.3. The summed E-state index contributed by atoms with van der Waals surface area (Å²) in [6, 6.07) is 0. The fourth-order valence-corrected chi connectivity index (χ4v) is 3.39. The number of carbonyl (C=O) groups is 1. The van der Waals surface area contributed by atoms with Crippen molar-refractivity contribution in [2.75, 3.05) is 6.61 Å². The van der Waals surface area contributed by atoms with Gasteiger partial charge in [-0.05, 0) is 37.4 Å². The first-order valence-corrected chi connectivity index (χ1v) is 12.9. The van der Waals surface area contributed by atoms with Crippen molar-refractivity contribution in [3.05, 3.63) is 0 Å². The van der Waals surface area contributed by atoms with Crippen LogP contribution in [-0.4, -0.2) is 27.0 Å². The maximum Gasteiger partial charge on any atom is 0.308 e. The van der Waals surface area contributed by atoms with Gasteiger partial charge in [-0.1, -0.05) is 66.7 Å². The molecule has 0 aliphatic rings. The van der Waals surface area contributed by atoms with Gasteiger partial charge >= 0.3 is 5.97 Å². The Kier molecular flexibility index (Phi) is 11.9. The number of unbranched alkanes of at least 4 members (excludes halogenated alkanes) is 4. The van der Waals surface area contributed by atoms with E-state index >= 15 is 0 Å². The van der Waals surface area contributed by atoms with Crippen LogP contribution in [0.15, 0.2) is 0 Å². The highest BCUT2D eigenvalue weighted by atomic mass is 28.4. The molecule has 0 spiro atoms. The maximum atomic E-state index is 12.2. The largest absolute Gasteiger partial charge is 0.462 e. The number of rotatable bonds is 13. The monoisotopic (exact) mass is 358 g/mol. The number of ether oxygens (including phenoxy) is 1. The van der Waals surface area contributed by atoms with E-state index in [1.165, 1.54) is 19.3 Å². The molecule has 0 heterocycles. The smallest absolute Gasteiger partial charge is 0.308 e. The Morgan fingerprint density at radius 1 is 0.958 bits per heavy atom. The van der Waals surface area contributed by atoms with Crippen molar-refractivity contribution in [3.63, 3.8) is 0 Å². The lowest BCUT2D eigenvalue weighted by molar-refractivity contribution is -0.150. The summed E-state index contributed by atoms with van der Waals surface area (Å²) in [4.78, 5) is 12.2. The van der Waals surface area contributed by atoms with Crippen molar-refractivity contribution in [2.45, 2.75) is 117 Å². The van der Waals surface area contributed by atoms with Gasteiger partial charge in [-0.2, -0.15) is 0 Å². The van der Waals surface area contributed by atoms with Crippen LogP contribution >= 0.6 is 0 Å². The van der Waals surface area contributed by atoms with Crippen molar-refractivity contribution in [2.24, 2.45) is 0 Å². The number of hydrogen-bond donors (Lipinski definition) is 0. The van der Waals surface area contributed by atoms with Crippen LogP contribution in [0.2, 0.25) is 18.1 Å². The predicted molar refractivity (Wildman–Crippen MR) is 106 cm³/mol. The van der Waals surface area contributed by atoms with Gasteiger partial charge in [-0.25, -0.2) is 0 Å².